The number of rotatable bonds is 6. The van der Waals surface area contributed by atoms with Gasteiger partial charge in [0.1, 0.15) is 6.33 Å². The van der Waals surface area contributed by atoms with E-state index in [4.69, 9.17) is 16.3 Å². The molecule has 0 saturated heterocycles. The molecule has 0 aliphatic rings. The van der Waals surface area contributed by atoms with Gasteiger partial charge in [0.25, 0.3) is 0 Å². The number of hydrogen-bond acceptors (Lipinski definition) is 4. The van der Waals surface area contributed by atoms with E-state index in [0.717, 1.165) is 25.3 Å². The highest BCUT2D eigenvalue weighted by molar-refractivity contribution is 6.31. The molecule has 96 valence electrons. The lowest BCUT2D eigenvalue weighted by Crippen LogP contribution is -2.29. The van der Waals surface area contributed by atoms with E-state index in [1.807, 2.05) is 0 Å². The van der Waals surface area contributed by atoms with Gasteiger partial charge in [0.15, 0.2) is 16.7 Å². The minimum Gasteiger partial charge on any atom is -0.490 e. The molecule has 0 aliphatic heterocycles. The van der Waals surface area contributed by atoms with Crippen molar-refractivity contribution in [2.75, 3.05) is 25.1 Å². The average molecular weight is 258 g/mol. The summed E-state index contributed by atoms with van der Waals surface area (Å²) in [5.74, 6) is 1.93. The molecule has 1 unspecified atom stereocenters. The Morgan fingerprint density at radius 1 is 1.41 bits per heavy atom. The van der Waals surface area contributed by atoms with E-state index in [2.05, 4.69) is 35.6 Å². The normalized spacial score (nSPS) is 12.3. The molecule has 1 rings (SSSR count). The molecule has 17 heavy (non-hydrogen) atoms. The molecule has 1 heterocycles. The van der Waals surface area contributed by atoms with Crippen molar-refractivity contribution < 1.29 is 4.74 Å². The third kappa shape index (κ3) is 3.46. The molecule has 0 saturated carbocycles. The van der Waals surface area contributed by atoms with Gasteiger partial charge in [-0.15, -0.1) is 0 Å². The lowest BCUT2D eigenvalue weighted by molar-refractivity contribution is 0.409. The molecular formula is C12H20ClN3O. The Balaban J connectivity index is 2.98. The molecule has 0 bridgehead atoms. The smallest absolute Gasteiger partial charge is 0.199 e. The predicted molar refractivity (Wildman–Crippen MR) is 70.9 cm³/mol. The minimum atomic E-state index is 0.361. The highest BCUT2D eigenvalue weighted by Gasteiger charge is 2.17. The second kappa shape index (κ2) is 6.64. The van der Waals surface area contributed by atoms with Crippen LogP contribution in [0.4, 0.5) is 5.82 Å². The Bertz CT molecular complexity index is 360. The molecule has 0 radical (unpaired) electrons. The lowest BCUT2D eigenvalue weighted by atomic mass is 10.1. The summed E-state index contributed by atoms with van der Waals surface area (Å²) < 4.78 is 5.28. The van der Waals surface area contributed by atoms with Crippen molar-refractivity contribution in [1.82, 2.24) is 9.97 Å². The molecule has 4 nitrogen and oxygen atoms in total. The Morgan fingerprint density at radius 2 is 2.12 bits per heavy atom. The van der Waals surface area contributed by atoms with Crippen molar-refractivity contribution in [1.29, 1.82) is 0 Å². The quantitative estimate of drug-likeness (QED) is 0.735. The second-order valence-electron chi connectivity index (χ2n) is 4.07. The molecule has 0 N–H and O–H groups in total. The highest BCUT2D eigenvalue weighted by atomic mass is 35.5. The fourth-order valence-electron chi connectivity index (χ4n) is 1.62. The van der Waals surface area contributed by atoms with Crippen LogP contribution in [-0.4, -0.2) is 30.2 Å². The van der Waals surface area contributed by atoms with E-state index in [1.165, 1.54) is 6.33 Å². The summed E-state index contributed by atoms with van der Waals surface area (Å²) in [6.07, 6.45) is 2.61. The Morgan fingerprint density at radius 3 is 2.65 bits per heavy atom. The number of methoxy groups -OCH3 is 1. The van der Waals surface area contributed by atoms with Gasteiger partial charge in [-0.05, 0) is 12.8 Å². The number of nitrogens with zero attached hydrogens (tertiary/aromatic N) is 3. The summed E-state index contributed by atoms with van der Waals surface area (Å²) in [4.78, 5) is 10.4. The third-order valence-corrected chi connectivity index (χ3v) is 3.13. The number of hydrogen-bond donors (Lipinski definition) is 0. The van der Waals surface area contributed by atoms with Crippen LogP contribution < -0.4 is 9.64 Å². The van der Waals surface area contributed by atoms with E-state index >= 15 is 0 Å². The maximum Gasteiger partial charge on any atom is 0.199 e. The largest absolute Gasteiger partial charge is 0.490 e. The lowest BCUT2D eigenvalue weighted by Gasteiger charge is -2.26. The van der Waals surface area contributed by atoms with Crippen molar-refractivity contribution in [3.05, 3.63) is 11.5 Å². The molecular weight excluding hydrogens is 238 g/mol. The van der Waals surface area contributed by atoms with Gasteiger partial charge in [0, 0.05) is 13.1 Å². The SMILES string of the molecule is CCC(C)CN(CC)c1ncnc(Cl)c1OC. The van der Waals surface area contributed by atoms with Crippen LogP contribution in [-0.2, 0) is 0 Å². The number of aromatic nitrogens is 2. The second-order valence-corrected chi connectivity index (χ2v) is 4.43. The molecule has 0 aliphatic carbocycles. The van der Waals surface area contributed by atoms with E-state index < -0.39 is 0 Å². The molecule has 1 aromatic rings. The van der Waals surface area contributed by atoms with Crippen LogP contribution in [0.15, 0.2) is 6.33 Å². The summed E-state index contributed by atoms with van der Waals surface area (Å²) in [6, 6.07) is 0. The topological polar surface area (TPSA) is 38.2 Å². The first-order chi connectivity index (χ1) is 8.13. The Labute approximate surface area is 108 Å². The van der Waals surface area contributed by atoms with Gasteiger partial charge in [-0.3, -0.25) is 0 Å². The van der Waals surface area contributed by atoms with Crippen molar-refractivity contribution in [2.45, 2.75) is 27.2 Å². The van der Waals surface area contributed by atoms with Gasteiger partial charge in [-0.25, -0.2) is 9.97 Å². The molecule has 1 atom stereocenters. The molecule has 0 fully saturated rings. The summed E-state index contributed by atoms with van der Waals surface area (Å²) >= 11 is 6.00. The van der Waals surface area contributed by atoms with E-state index in [-0.39, 0.29) is 0 Å². The Kier molecular flexibility index (Phi) is 5.48. The molecule has 1 aromatic heterocycles. The Hall–Kier alpha value is -1.03. The van der Waals surface area contributed by atoms with Gasteiger partial charge < -0.3 is 9.64 Å². The van der Waals surface area contributed by atoms with E-state index in [0.29, 0.717) is 16.8 Å². The van der Waals surface area contributed by atoms with Gasteiger partial charge in [0.2, 0.25) is 0 Å². The van der Waals surface area contributed by atoms with Gasteiger partial charge in [-0.1, -0.05) is 31.9 Å². The summed E-state index contributed by atoms with van der Waals surface area (Å²) in [6.45, 7) is 8.31. The standard InChI is InChI=1S/C12H20ClN3O/c1-5-9(3)7-16(6-2)12-10(17-4)11(13)14-8-15-12/h8-9H,5-7H2,1-4H3. The van der Waals surface area contributed by atoms with Crippen molar-refractivity contribution in [3.8, 4) is 5.75 Å². The number of ether oxygens (including phenoxy) is 1. The first-order valence-corrected chi connectivity index (χ1v) is 6.31. The van der Waals surface area contributed by atoms with Gasteiger partial charge in [0.05, 0.1) is 7.11 Å². The van der Waals surface area contributed by atoms with Gasteiger partial charge >= 0.3 is 0 Å². The van der Waals surface area contributed by atoms with Crippen LogP contribution in [0.1, 0.15) is 27.2 Å². The minimum absolute atomic E-state index is 0.361. The summed E-state index contributed by atoms with van der Waals surface area (Å²) in [5, 5.41) is 0.361. The van der Waals surface area contributed by atoms with Crippen LogP contribution in [0.25, 0.3) is 0 Å². The fraction of sp³-hybridized carbons (Fsp3) is 0.667. The summed E-state index contributed by atoms with van der Waals surface area (Å²) in [7, 11) is 1.59. The van der Waals surface area contributed by atoms with Crippen molar-refractivity contribution in [2.24, 2.45) is 5.92 Å². The van der Waals surface area contributed by atoms with Crippen LogP contribution in [0.5, 0.6) is 5.75 Å². The zero-order valence-corrected chi connectivity index (χ0v) is 11.7. The highest BCUT2D eigenvalue weighted by Crippen LogP contribution is 2.31. The van der Waals surface area contributed by atoms with Crippen molar-refractivity contribution in [3.63, 3.8) is 0 Å². The zero-order chi connectivity index (χ0) is 12.8. The zero-order valence-electron chi connectivity index (χ0n) is 10.9. The molecule has 0 amide bonds. The maximum absolute atomic E-state index is 6.00. The molecule has 0 spiro atoms. The first-order valence-electron chi connectivity index (χ1n) is 5.93. The predicted octanol–water partition coefficient (Wildman–Crippen LogP) is 3.01. The van der Waals surface area contributed by atoms with Crippen LogP contribution in [0.3, 0.4) is 0 Å². The molecule has 0 aromatic carbocycles. The number of anilines is 1. The molecule has 5 heteroatoms. The third-order valence-electron chi connectivity index (χ3n) is 2.86. The van der Waals surface area contributed by atoms with E-state index in [9.17, 15) is 0 Å². The average Bonchev–Trinajstić information content (AvgIpc) is 2.35. The van der Waals surface area contributed by atoms with Crippen LogP contribution in [0.2, 0.25) is 5.15 Å². The summed E-state index contributed by atoms with van der Waals surface area (Å²) in [5.41, 5.74) is 0. The monoisotopic (exact) mass is 257 g/mol. The van der Waals surface area contributed by atoms with Gasteiger partial charge in [-0.2, -0.15) is 0 Å². The first kappa shape index (κ1) is 14.0. The fourth-order valence-corrected chi connectivity index (χ4v) is 1.82. The maximum atomic E-state index is 6.00. The van der Waals surface area contributed by atoms with Crippen LogP contribution in [0, 0.1) is 5.92 Å². The van der Waals surface area contributed by atoms with E-state index in [1.54, 1.807) is 7.11 Å². The number of halogens is 1. The van der Waals surface area contributed by atoms with Crippen molar-refractivity contribution >= 4 is 17.4 Å². The van der Waals surface area contributed by atoms with Crippen LogP contribution >= 0.6 is 11.6 Å².